The van der Waals surface area contributed by atoms with Gasteiger partial charge in [-0.3, -0.25) is 0 Å². The van der Waals surface area contributed by atoms with Crippen molar-refractivity contribution >= 4 is 21.9 Å². The van der Waals surface area contributed by atoms with Crippen LogP contribution in [0, 0.1) is 0 Å². The third-order valence-electron chi connectivity index (χ3n) is 3.01. The summed E-state index contributed by atoms with van der Waals surface area (Å²) >= 11 is 3.76. The molecule has 0 bridgehead atoms. The van der Waals surface area contributed by atoms with Gasteiger partial charge in [-0.05, 0) is 18.9 Å². The second-order valence-electron chi connectivity index (χ2n) is 4.03. The minimum atomic E-state index is 0.529. The lowest BCUT2D eigenvalue weighted by atomic mass is 9.94. The minimum absolute atomic E-state index is 0.529. The van der Waals surface area contributed by atoms with E-state index in [1.807, 2.05) is 6.07 Å². The normalized spacial score (nSPS) is 26.3. The number of alkyl halides is 1. The molecule has 1 heterocycles. The zero-order valence-corrected chi connectivity index (χ0v) is 10.5. The average molecular weight is 270 g/mol. The molecule has 1 aromatic rings. The fourth-order valence-corrected chi connectivity index (χ4v) is 3.07. The molecule has 15 heavy (non-hydrogen) atoms. The molecule has 0 N–H and O–H groups in total. The van der Waals surface area contributed by atoms with Gasteiger partial charge in [0.25, 0.3) is 0 Å². The molecule has 3 nitrogen and oxygen atoms in total. The molecule has 1 aliphatic rings. The molecule has 1 fully saturated rings. The van der Waals surface area contributed by atoms with Gasteiger partial charge in [0.1, 0.15) is 0 Å². The largest absolute Gasteiger partial charge is 0.340 e. The molecule has 4 heteroatoms. The summed E-state index contributed by atoms with van der Waals surface area (Å²) in [6.45, 7) is 0. The Bertz CT molecular complexity index is 304. The van der Waals surface area contributed by atoms with Crippen molar-refractivity contribution in [2.75, 3.05) is 11.9 Å². The highest BCUT2D eigenvalue weighted by Crippen LogP contribution is 2.29. The number of rotatable bonds is 2. The van der Waals surface area contributed by atoms with Gasteiger partial charge in [-0.1, -0.05) is 28.8 Å². The molecule has 0 saturated heterocycles. The highest BCUT2D eigenvalue weighted by atomic mass is 79.9. The van der Waals surface area contributed by atoms with E-state index in [0.29, 0.717) is 10.9 Å². The summed E-state index contributed by atoms with van der Waals surface area (Å²) in [4.78, 5) is 11.3. The molecule has 2 rings (SSSR count). The van der Waals surface area contributed by atoms with Crippen molar-refractivity contribution in [3.63, 3.8) is 0 Å². The summed E-state index contributed by atoms with van der Waals surface area (Å²) in [7, 11) is 2.08. The lowest BCUT2D eigenvalue weighted by molar-refractivity contribution is 0.440. The Morgan fingerprint density at radius 3 is 2.60 bits per heavy atom. The van der Waals surface area contributed by atoms with Crippen molar-refractivity contribution in [1.29, 1.82) is 0 Å². The second-order valence-corrected chi connectivity index (χ2v) is 5.20. The lowest BCUT2D eigenvalue weighted by Gasteiger charge is -2.35. The molecule has 0 spiro atoms. The lowest BCUT2D eigenvalue weighted by Crippen LogP contribution is -2.41. The number of aromatic nitrogens is 2. The Labute approximate surface area is 99.0 Å². The third kappa shape index (κ3) is 2.48. The summed E-state index contributed by atoms with van der Waals surface area (Å²) in [5.41, 5.74) is 0. The summed E-state index contributed by atoms with van der Waals surface area (Å²) in [5.74, 6) is 0.828. The zero-order chi connectivity index (χ0) is 10.7. The molecule has 0 aromatic carbocycles. The Hall–Kier alpha value is -0.640. The summed E-state index contributed by atoms with van der Waals surface area (Å²) in [5, 5.41) is 0. The molecule has 0 amide bonds. The van der Waals surface area contributed by atoms with Crippen LogP contribution in [0.3, 0.4) is 0 Å². The molecule has 0 radical (unpaired) electrons. The fraction of sp³-hybridized carbons (Fsp3) is 0.636. The highest BCUT2D eigenvalue weighted by Gasteiger charge is 2.27. The van der Waals surface area contributed by atoms with Crippen LogP contribution in [0.1, 0.15) is 25.7 Å². The molecule has 2 atom stereocenters. The van der Waals surface area contributed by atoms with Crippen LogP contribution < -0.4 is 4.90 Å². The van der Waals surface area contributed by atoms with E-state index in [4.69, 9.17) is 0 Å². The maximum Gasteiger partial charge on any atom is 0.225 e. The number of hydrogen-bond donors (Lipinski definition) is 0. The van der Waals surface area contributed by atoms with Gasteiger partial charge < -0.3 is 4.90 Å². The first kappa shape index (κ1) is 10.9. The van der Waals surface area contributed by atoms with Crippen LogP contribution in [-0.2, 0) is 0 Å². The Balaban J connectivity index is 2.09. The van der Waals surface area contributed by atoms with Crippen molar-refractivity contribution in [1.82, 2.24) is 9.97 Å². The first-order valence-corrected chi connectivity index (χ1v) is 6.34. The molecule has 1 aromatic heterocycles. The molecule has 2 unspecified atom stereocenters. The van der Waals surface area contributed by atoms with Gasteiger partial charge in [0.15, 0.2) is 0 Å². The Morgan fingerprint density at radius 2 is 1.93 bits per heavy atom. The van der Waals surface area contributed by atoms with Crippen molar-refractivity contribution < 1.29 is 0 Å². The number of halogens is 1. The van der Waals surface area contributed by atoms with Crippen LogP contribution in [0.2, 0.25) is 0 Å². The van der Waals surface area contributed by atoms with Crippen LogP contribution in [0.4, 0.5) is 5.95 Å². The van der Waals surface area contributed by atoms with E-state index in [9.17, 15) is 0 Å². The molecule has 82 valence electrons. The molecule has 0 aliphatic heterocycles. The zero-order valence-electron chi connectivity index (χ0n) is 8.93. The van der Waals surface area contributed by atoms with Gasteiger partial charge in [0.2, 0.25) is 5.95 Å². The average Bonchev–Trinajstić information content (AvgIpc) is 2.30. The Kier molecular flexibility index (Phi) is 3.57. The summed E-state index contributed by atoms with van der Waals surface area (Å²) in [6.07, 6.45) is 8.71. The fourth-order valence-electron chi connectivity index (χ4n) is 2.12. The van der Waals surface area contributed by atoms with Crippen LogP contribution >= 0.6 is 15.9 Å². The van der Waals surface area contributed by atoms with Gasteiger partial charge in [-0.25, -0.2) is 9.97 Å². The van der Waals surface area contributed by atoms with E-state index in [-0.39, 0.29) is 0 Å². The number of nitrogens with zero attached hydrogens (tertiary/aromatic N) is 3. The summed E-state index contributed by atoms with van der Waals surface area (Å²) < 4.78 is 0. The second kappa shape index (κ2) is 4.92. The maximum absolute atomic E-state index is 4.28. The summed E-state index contributed by atoms with van der Waals surface area (Å²) in [6, 6.07) is 2.38. The van der Waals surface area contributed by atoms with Gasteiger partial charge in [-0.2, -0.15) is 0 Å². The van der Waals surface area contributed by atoms with Crippen molar-refractivity contribution in [2.45, 2.75) is 36.6 Å². The van der Waals surface area contributed by atoms with Gasteiger partial charge in [0, 0.05) is 30.3 Å². The van der Waals surface area contributed by atoms with Crippen LogP contribution in [-0.4, -0.2) is 27.9 Å². The van der Waals surface area contributed by atoms with Crippen molar-refractivity contribution in [3.05, 3.63) is 18.5 Å². The van der Waals surface area contributed by atoms with E-state index in [1.54, 1.807) is 12.4 Å². The van der Waals surface area contributed by atoms with Gasteiger partial charge >= 0.3 is 0 Å². The van der Waals surface area contributed by atoms with Crippen molar-refractivity contribution in [3.8, 4) is 0 Å². The predicted molar refractivity (Wildman–Crippen MR) is 65.4 cm³/mol. The van der Waals surface area contributed by atoms with Gasteiger partial charge in [0.05, 0.1) is 0 Å². The van der Waals surface area contributed by atoms with E-state index < -0.39 is 0 Å². The molecule has 1 aliphatic carbocycles. The van der Waals surface area contributed by atoms with E-state index in [2.05, 4.69) is 37.8 Å². The number of anilines is 1. The van der Waals surface area contributed by atoms with Gasteiger partial charge in [-0.15, -0.1) is 0 Å². The first-order valence-electron chi connectivity index (χ1n) is 5.43. The highest BCUT2D eigenvalue weighted by molar-refractivity contribution is 9.09. The number of hydrogen-bond acceptors (Lipinski definition) is 3. The van der Waals surface area contributed by atoms with E-state index in [1.165, 1.54) is 25.7 Å². The smallest absolute Gasteiger partial charge is 0.225 e. The molecular formula is C11H16BrN3. The first-order chi connectivity index (χ1) is 7.29. The van der Waals surface area contributed by atoms with Crippen molar-refractivity contribution in [2.24, 2.45) is 0 Å². The van der Waals surface area contributed by atoms with Crippen LogP contribution in [0.25, 0.3) is 0 Å². The van der Waals surface area contributed by atoms with Crippen LogP contribution in [0.15, 0.2) is 18.5 Å². The molecule has 1 saturated carbocycles. The Morgan fingerprint density at radius 1 is 1.27 bits per heavy atom. The topological polar surface area (TPSA) is 29.0 Å². The third-order valence-corrected chi connectivity index (χ3v) is 4.08. The quantitative estimate of drug-likeness (QED) is 0.773. The van der Waals surface area contributed by atoms with Crippen LogP contribution in [0.5, 0.6) is 0 Å². The maximum atomic E-state index is 4.28. The molecular weight excluding hydrogens is 254 g/mol. The standard InChI is InChI=1S/C11H16BrN3/c1-15(11-13-7-4-8-14-11)10-6-3-2-5-9(10)12/h4,7-10H,2-3,5-6H2,1H3. The van der Waals surface area contributed by atoms with E-state index >= 15 is 0 Å². The predicted octanol–water partition coefficient (Wildman–Crippen LogP) is 2.62. The van der Waals surface area contributed by atoms with E-state index in [0.717, 1.165) is 5.95 Å². The monoisotopic (exact) mass is 269 g/mol. The minimum Gasteiger partial charge on any atom is -0.340 e. The SMILES string of the molecule is CN(c1ncccn1)C1CCCCC1Br.